The Bertz CT molecular complexity index is 536. The topological polar surface area (TPSA) is 58.6 Å². The van der Waals surface area contributed by atoms with Crippen molar-refractivity contribution in [2.24, 2.45) is 0 Å². The fourth-order valence-corrected chi connectivity index (χ4v) is 3.07. The molecular weight excluding hydrogens is 300 g/mol. The normalized spacial score (nSPS) is 14.9. The molecule has 1 aliphatic rings. The lowest BCUT2D eigenvalue weighted by Gasteiger charge is -2.30. The van der Waals surface area contributed by atoms with E-state index >= 15 is 0 Å². The van der Waals surface area contributed by atoms with Crippen molar-refractivity contribution >= 4 is 29.4 Å². The van der Waals surface area contributed by atoms with Gasteiger partial charge >= 0.3 is 12.0 Å². The highest BCUT2D eigenvalue weighted by atomic mass is 32.2. The van der Waals surface area contributed by atoms with Crippen molar-refractivity contribution in [3.05, 3.63) is 29.8 Å². The molecule has 0 fully saturated rings. The third-order valence-corrected chi connectivity index (χ3v) is 4.39. The second-order valence-electron chi connectivity index (χ2n) is 5.19. The highest BCUT2D eigenvalue weighted by Gasteiger charge is 2.27. The Kier molecular flexibility index (Phi) is 6.12. The molecule has 0 aromatic heterocycles. The molecule has 5 nitrogen and oxygen atoms in total. The summed E-state index contributed by atoms with van der Waals surface area (Å²) >= 11 is 1.64. The molecule has 0 saturated heterocycles. The Labute approximate surface area is 135 Å². The molecule has 6 heteroatoms. The predicted octanol–water partition coefficient (Wildman–Crippen LogP) is 2.44. The van der Waals surface area contributed by atoms with Gasteiger partial charge in [-0.25, -0.2) is 9.59 Å². The van der Waals surface area contributed by atoms with Gasteiger partial charge in [0, 0.05) is 12.2 Å². The number of urea groups is 1. The molecule has 1 aliphatic heterocycles. The Balaban J connectivity index is 2.09. The van der Waals surface area contributed by atoms with Crippen molar-refractivity contribution in [2.45, 2.75) is 25.3 Å². The SMILES string of the molecule is COC(=O)[C@H](CCSC)NC(=O)N1CCCc2ccccc21. The van der Waals surface area contributed by atoms with Crippen molar-refractivity contribution in [2.75, 3.05) is 30.6 Å². The molecule has 1 atom stereocenters. The van der Waals surface area contributed by atoms with Crippen LogP contribution in [0, 0.1) is 0 Å². The van der Waals surface area contributed by atoms with Crippen molar-refractivity contribution in [1.29, 1.82) is 0 Å². The maximum absolute atomic E-state index is 12.6. The molecule has 0 spiro atoms. The van der Waals surface area contributed by atoms with E-state index in [-0.39, 0.29) is 6.03 Å². The summed E-state index contributed by atoms with van der Waals surface area (Å²) in [5.41, 5.74) is 2.10. The molecule has 22 heavy (non-hydrogen) atoms. The van der Waals surface area contributed by atoms with Gasteiger partial charge in [-0.3, -0.25) is 4.90 Å². The maximum atomic E-state index is 12.6. The van der Waals surface area contributed by atoms with Gasteiger partial charge in [0.05, 0.1) is 7.11 Å². The van der Waals surface area contributed by atoms with E-state index in [4.69, 9.17) is 4.74 Å². The monoisotopic (exact) mass is 322 g/mol. The number of amides is 2. The average molecular weight is 322 g/mol. The van der Waals surface area contributed by atoms with E-state index in [1.54, 1.807) is 16.7 Å². The molecule has 1 heterocycles. The molecule has 2 rings (SSSR count). The van der Waals surface area contributed by atoms with Gasteiger partial charge in [-0.1, -0.05) is 18.2 Å². The van der Waals surface area contributed by atoms with Crippen LogP contribution in [0.5, 0.6) is 0 Å². The zero-order valence-electron chi connectivity index (χ0n) is 13.0. The largest absolute Gasteiger partial charge is 0.467 e. The van der Waals surface area contributed by atoms with E-state index in [1.807, 2.05) is 30.5 Å². The second-order valence-corrected chi connectivity index (χ2v) is 6.18. The summed E-state index contributed by atoms with van der Waals surface area (Å²) in [7, 11) is 1.34. The highest BCUT2D eigenvalue weighted by molar-refractivity contribution is 7.98. The van der Waals surface area contributed by atoms with Gasteiger partial charge in [-0.15, -0.1) is 0 Å². The van der Waals surface area contributed by atoms with Crippen LogP contribution in [0.15, 0.2) is 24.3 Å². The van der Waals surface area contributed by atoms with Crippen LogP contribution in [0.3, 0.4) is 0 Å². The summed E-state index contributed by atoms with van der Waals surface area (Å²) < 4.78 is 4.79. The number of para-hydroxylation sites is 1. The summed E-state index contributed by atoms with van der Waals surface area (Å²) in [6.07, 6.45) is 4.44. The quantitative estimate of drug-likeness (QED) is 0.846. The molecule has 120 valence electrons. The van der Waals surface area contributed by atoms with Crippen molar-refractivity contribution in [3.63, 3.8) is 0 Å². The second kappa shape index (κ2) is 8.08. The summed E-state index contributed by atoms with van der Waals surface area (Å²) in [6.45, 7) is 0.666. The Morgan fingerprint density at radius 1 is 1.41 bits per heavy atom. The summed E-state index contributed by atoms with van der Waals surface area (Å²) in [5, 5.41) is 2.81. The van der Waals surface area contributed by atoms with Crippen LogP contribution in [0.4, 0.5) is 10.5 Å². The molecule has 2 amide bonds. The molecule has 0 saturated carbocycles. The van der Waals surface area contributed by atoms with Gasteiger partial charge < -0.3 is 10.1 Å². The van der Waals surface area contributed by atoms with Crippen LogP contribution in [-0.2, 0) is 16.0 Å². The zero-order valence-corrected chi connectivity index (χ0v) is 13.8. The van der Waals surface area contributed by atoms with Crippen LogP contribution in [0.2, 0.25) is 0 Å². The minimum Gasteiger partial charge on any atom is -0.467 e. The molecule has 0 unspecified atom stereocenters. The number of benzene rings is 1. The Hall–Kier alpha value is -1.69. The van der Waals surface area contributed by atoms with Gasteiger partial charge in [-0.05, 0) is 42.9 Å². The number of carbonyl (C=O) groups is 2. The number of carbonyl (C=O) groups excluding carboxylic acids is 2. The van der Waals surface area contributed by atoms with Crippen molar-refractivity contribution < 1.29 is 14.3 Å². The predicted molar refractivity (Wildman–Crippen MR) is 89.4 cm³/mol. The zero-order chi connectivity index (χ0) is 15.9. The number of anilines is 1. The number of methoxy groups -OCH3 is 1. The fraction of sp³-hybridized carbons (Fsp3) is 0.500. The van der Waals surface area contributed by atoms with E-state index in [2.05, 4.69) is 5.32 Å². The van der Waals surface area contributed by atoms with Gasteiger partial charge in [0.1, 0.15) is 6.04 Å². The summed E-state index contributed by atoms with van der Waals surface area (Å²) in [5.74, 6) is 0.393. The molecule has 1 aromatic carbocycles. The van der Waals surface area contributed by atoms with Crippen LogP contribution in [-0.4, -0.2) is 43.7 Å². The number of rotatable bonds is 5. The van der Waals surface area contributed by atoms with Gasteiger partial charge in [0.15, 0.2) is 0 Å². The first-order valence-electron chi connectivity index (χ1n) is 7.40. The third kappa shape index (κ3) is 3.94. The third-order valence-electron chi connectivity index (χ3n) is 3.75. The average Bonchev–Trinajstić information content (AvgIpc) is 2.57. The Morgan fingerprint density at radius 3 is 2.91 bits per heavy atom. The molecule has 1 N–H and O–H groups in total. The highest BCUT2D eigenvalue weighted by Crippen LogP contribution is 2.26. The van der Waals surface area contributed by atoms with Crippen LogP contribution in [0.1, 0.15) is 18.4 Å². The van der Waals surface area contributed by atoms with E-state index in [0.29, 0.717) is 13.0 Å². The number of hydrogen-bond acceptors (Lipinski definition) is 4. The summed E-state index contributed by atoms with van der Waals surface area (Å²) in [4.78, 5) is 26.1. The van der Waals surface area contributed by atoms with E-state index in [1.165, 1.54) is 12.7 Å². The number of fused-ring (bicyclic) bond motifs is 1. The number of nitrogens with one attached hydrogen (secondary N) is 1. The first kappa shape index (κ1) is 16.7. The van der Waals surface area contributed by atoms with Gasteiger partial charge in [-0.2, -0.15) is 11.8 Å². The van der Waals surface area contributed by atoms with Crippen molar-refractivity contribution in [1.82, 2.24) is 5.32 Å². The number of aryl methyl sites for hydroxylation is 1. The van der Waals surface area contributed by atoms with Crippen LogP contribution >= 0.6 is 11.8 Å². The number of ether oxygens (including phenoxy) is 1. The number of nitrogens with zero attached hydrogens (tertiary/aromatic N) is 1. The first-order valence-corrected chi connectivity index (χ1v) is 8.79. The molecule has 0 bridgehead atoms. The van der Waals surface area contributed by atoms with Crippen LogP contribution in [0.25, 0.3) is 0 Å². The fourth-order valence-electron chi connectivity index (χ4n) is 2.60. The van der Waals surface area contributed by atoms with Crippen LogP contribution < -0.4 is 10.2 Å². The minimum absolute atomic E-state index is 0.233. The summed E-state index contributed by atoms with van der Waals surface area (Å²) in [6, 6.07) is 7.07. The Morgan fingerprint density at radius 2 is 2.18 bits per heavy atom. The smallest absolute Gasteiger partial charge is 0.328 e. The molecular formula is C16H22N2O3S. The lowest BCUT2D eigenvalue weighted by Crippen LogP contribution is -2.50. The van der Waals surface area contributed by atoms with E-state index in [0.717, 1.165) is 24.3 Å². The van der Waals surface area contributed by atoms with E-state index < -0.39 is 12.0 Å². The minimum atomic E-state index is -0.598. The van der Waals surface area contributed by atoms with Crippen molar-refractivity contribution in [3.8, 4) is 0 Å². The number of esters is 1. The number of thioether (sulfide) groups is 1. The molecule has 1 aromatic rings. The maximum Gasteiger partial charge on any atom is 0.328 e. The standard InChI is InChI=1S/C16H22N2O3S/c1-21-15(19)13(9-11-22-2)17-16(20)18-10-5-7-12-6-3-4-8-14(12)18/h3-4,6,8,13H,5,7,9-11H2,1-2H3,(H,17,20)/t13-/m0/s1. The molecule has 0 radical (unpaired) electrons. The van der Waals surface area contributed by atoms with E-state index in [9.17, 15) is 9.59 Å². The van der Waals surface area contributed by atoms with Gasteiger partial charge in [0.25, 0.3) is 0 Å². The van der Waals surface area contributed by atoms with Gasteiger partial charge in [0.2, 0.25) is 0 Å². The lowest BCUT2D eigenvalue weighted by molar-refractivity contribution is -0.142. The lowest BCUT2D eigenvalue weighted by atomic mass is 10.0. The number of hydrogen-bond donors (Lipinski definition) is 1. The first-order chi connectivity index (χ1) is 10.7. The molecule has 0 aliphatic carbocycles.